The minimum absolute atomic E-state index is 0.624. The zero-order chi connectivity index (χ0) is 11.0. The Morgan fingerprint density at radius 2 is 1.86 bits per heavy atom. The summed E-state index contributed by atoms with van der Waals surface area (Å²) in [5, 5.41) is 3.29. The standard InChI is InChI=1S/C12H28N2/c1-6-7-8-9-14(5)12(3)10-11(2)13-4/h11-13H,6-10H2,1-5H3. The van der Waals surface area contributed by atoms with Crippen LogP contribution in [0.1, 0.15) is 46.5 Å². The third kappa shape index (κ3) is 6.39. The summed E-state index contributed by atoms with van der Waals surface area (Å²) < 4.78 is 0. The number of nitrogens with zero attached hydrogens (tertiary/aromatic N) is 1. The second-order valence-corrected chi connectivity index (χ2v) is 4.46. The summed E-state index contributed by atoms with van der Waals surface area (Å²) in [4.78, 5) is 2.48. The lowest BCUT2D eigenvalue weighted by molar-refractivity contribution is 0.228. The number of hydrogen-bond donors (Lipinski definition) is 1. The fourth-order valence-electron chi connectivity index (χ4n) is 1.64. The van der Waals surface area contributed by atoms with Gasteiger partial charge in [-0.25, -0.2) is 0 Å². The Morgan fingerprint density at radius 3 is 2.36 bits per heavy atom. The second-order valence-electron chi connectivity index (χ2n) is 4.46. The van der Waals surface area contributed by atoms with Crippen LogP contribution in [0.5, 0.6) is 0 Å². The van der Waals surface area contributed by atoms with Crippen LogP contribution in [0, 0.1) is 0 Å². The normalized spacial score (nSPS) is 15.9. The summed E-state index contributed by atoms with van der Waals surface area (Å²) in [6.07, 6.45) is 5.25. The van der Waals surface area contributed by atoms with Crippen LogP contribution in [0.3, 0.4) is 0 Å². The third-order valence-electron chi connectivity index (χ3n) is 3.05. The molecule has 0 spiro atoms. The molecule has 14 heavy (non-hydrogen) atoms. The molecule has 2 heteroatoms. The topological polar surface area (TPSA) is 15.3 Å². The van der Waals surface area contributed by atoms with Gasteiger partial charge < -0.3 is 10.2 Å². The van der Waals surface area contributed by atoms with Crippen LogP contribution < -0.4 is 5.32 Å². The van der Waals surface area contributed by atoms with E-state index in [-0.39, 0.29) is 0 Å². The first-order chi connectivity index (χ1) is 6.61. The van der Waals surface area contributed by atoms with Gasteiger partial charge in [-0.2, -0.15) is 0 Å². The third-order valence-corrected chi connectivity index (χ3v) is 3.05. The van der Waals surface area contributed by atoms with Gasteiger partial charge in [-0.1, -0.05) is 19.8 Å². The van der Waals surface area contributed by atoms with E-state index in [0.717, 1.165) is 0 Å². The Balaban J connectivity index is 3.58. The average Bonchev–Trinajstić information content (AvgIpc) is 2.17. The van der Waals surface area contributed by atoms with Crippen molar-refractivity contribution in [1.29, 1.82) is 0 Å². The van der Waals surface area contributed by atoms with Crippen molar-refractivity contribution in [3.8, 4) is 0 Å². The Morgan fingerprint density at radius 1 is 1.21 bits per heavy atom. The Kier molecular flexibility index (Phi) is 8.20. The molecule has 2 nitrogen and oxygen atoms in total. The maximum Gasteiger partial charge on any atom is 0.00785 e. The van der Waals surface area contributed by atoms with Crippen LogP contribution >= 0.6 is 0 Å². The molecule has 0 radical (unpaired) electrons. The molecule has 2 unspecified atom stereocenters. The van der Waals surface area contributed by atoms with E-state index < -0.39 is 0 Å². The van der Waals surface area contributed by atoms with Gasteiger partial charge in [0.25, 0.3) is 0 Å². The molecule has 0 aliphatic carbocycles. The van der Waals surface area contributed by atoms with Crippen molar-refractivity contribution in [2.45, 2.75) is 58.5 Å². The molecule has 2 atom stereocenters. The zero-order valence-corrected chi connectivity index (χ0v) is 10.6. The lowest BCUT2D eigenvalue weighted by atomic mass is 10.1. The fraction of sp³-hybridized carbons (Fsp3) is 1.00. The lowest BCUT2D eigenvalue weighted by Crippen LogP contribution is -2.35. The zero-order valence-electron chi connectivity index (χ0n) is 10.6. The van der Waals surface area contributed by atoms with Gasteiger partial charge in [0.15, 0.2) is 0 Å². The summed E-state index contributed by atoms with van der Waals surface area (Å²) in [5.41, 5.74) is 0. The molecule has 0 aromatic carbocycles. The molecular formula is C12H28N2. The molecule has 0 rings (SSSR count). The first kappa shape index (κ1) is 13.9. The van der Waals surface area contributed by atoms with Crippen molar-refractivity contribution < 1.29 is 0 Å². The second kappa shape index (κ2) is 8.25. The van der Waals surface area contributed by atoms with Gasteiger partial charge in [-0.3, -0.25) is 0 Å². The van der Waals surface area contributed by atoms with Crippen molar-refractivity contribution in [2.24, 2.45) is 0 Å². The van der Waals surface area contributed by atoms with E-state index in [1.165, 1.54) is 32.2 Å². The van der Waals surface area contributed by atoms with E-state index >= 15 is 0 Å². The first-order valence-electron chi connectivity index (χ1n) is 5.99. The highest BCUT2D eigenvalue weighted by atomic mass is 15.1. The number of unbranched alkanes of at least 4 members (excludes halogenated alkanes) is 2. The molecule has 0 heterocycles. The Labute approximate surface area is 90.1 Å². The maximum absolute atomic E-state index is 3.29. The molecule has 0 aliphatic rings. The van der Waals surface area contributed by atoms with Crippen molar-refractivity contribution in [1.82, 2.24) is 10.2 Å². The quantitative estimate of drug-likeness (QED) is 0.606. The van der Waals surface area contributed by atoms with Crippen LogP contribution in [0.15, 0.2) is 0 Å². The largest absolute Gasteiger partial charge is 0.317 e. The smallest absolute Gasteiger partial charge is 0.00785 e. The van der Waals surface area contributed by atoms with E-state index in [4.69, 9.17) is 0 Å². The van der Waals surface area contributed by atoms with Gasteiger partial charge in [0.05, 0.1) is 0 Å². The Bertz CT molecular complexity index is 125. The lowest BCUT2D eigenvalue weighted by Gasteiger charge is -2.27. The number of nitrogens with one attached hydrogen (secondary N) is 1. The molecule has 86 valence electrons. The van der Waals surface area contributed by atoms with Crippen molar-refractivity contribution in [3.05, 3.63) is 0 Å². The summed E-state index contributed by atoms with van der Waals surface area (Å²) in [5.74, 6) is 0. The summed E-state index contributed by atoms with van der Waals surface area (Å²) in [6, 6.07) is 1.31. The predicted octanol–water partition coefficient (Wildman–Crippen LogP) is 2.49. The van der Waals surface area contributed by atoms with Gasteiger partial charge in [0, 0.05) is 12.1 Å². The molecule has 1 N–H and O–H groups in total. The Hall–Kier alpha value is -0.0800. The van der Waals surface area contributed by atoms with Gasteiger partial charge in [-0.05, 0) is 47.3 Å². The van der Waals surface area contributed by atoms with Crippen molar-refractivity contribution in [2.75, 3.05) is 20.6 Å². The van der Waals surface area contributed by atoms with Gasteiger partial charge >= 0.3 is 0 Å². The van der Waals surface area contributed by atoms with Gasteiger partial charge in [-0.15, -0.1) is 0 Å². The molecule has 0 aromatic heterocycles. The SMILES string of the molecule is CCCCCN(C)C(C)CC(C)NC. The predicted molar refractivity (Wildman–Crippen MR) is 64.8 cm³/mol. The first-order valence-corrected chi connectivity index (χ1v) is 5.99. The van der Waals surface area contributed by atoms with Crippen molar-refractivity contribution >= 4 is 0 Å². The fourth-order valence-corrected chi connectivity index (χ4v) is 1.64. The van der Waals surface area contributed by atoms with Crippen LogP contribution in [0.2, 0.25) is 0 Å². The number of hydrogen-bond acceptors (Lipinski definition) is 2. The highest BCUT2D eigenvalue weighted by Gasteiger charge is 2.11. The summed E-state index contributed by atoms with van der Waals surface area (Å²) in [7, 11) is 4.27. The minimum atomic E-state index is 0.624. The summed E-state index contributed by atoms with van der Waals surface area (Å²) in [6.45, 7) is 8.06. The maximum atomic E-state index is 3.29. The van der Waals surface area contributed by atoms with Crippen LogP contribution in [0.4, 0.5) is 0 Å². The summed E-state index contributed by atoms with van der Waals surface area (Å²) >= 11 is 0. The van der Waals surface area contributed by atoms with E-state index in [0.29, 0.717) is 12.1 Å². The molecule has 0 fully saturated rings. The number of rotatable bonds is 8. The van der Waals surface area contributed by atoms with E-state index in [2.05, 4.69) is 38.0 Å². The molecule has 0 saturated heterocycles. The van der Waals surface area contributed by atoms with Crippen LogP contribution in [0.25, 0.3) is 0 Å². The van der Waals surface area contributed by atoms with E-state index in [9.17, 15) is 0 Å². The molecule has 0 saturated carbocycles. The van der Waals surface area contributed by atoms with E-state index in [1.807, 2.05) is 7.05 Å². The van der Waals surface area contributed by atoms with Gasteiger partial charge in [0.1, 0.15) is 0 Å². The average molecular weight is 200 g/mol. The van der Waals surface area contributed by atoms with Crippen LogP contribution in [-0.2, 0) is 0 Å². The monoisotopic (exact) mass is 200 g/mol. The molecule has 0 aromatic rings. The molecule has 0 aliphatic heterocycles. The van der Waals surface area contributed by atoms with Crippen LogP contribution in [-0.4, -0.2) is 37.6 Å². The minimum Gasteiger partial charge on any atom is -0.317 e. The molecular weight excluding hydrogens is 172 g/mol. The highest BCUT2D eigenvalue weighted by Crippen LogP contribution is 2.06. The molecule has 0 amide bonds. The van der Waals surface area contributed by atoms with Gasteiger partial charge in [0.2, 0.25) is 0 Å². The van der Waals surface area contributed by atoms with Crippen molar-refractivity contribution in [3.63, 3.8) is 0 Å². The molecule has 0 bridgehead atoms. The highest BCUT2D eigenvalue weighted by molar-refractivity contribution is 4.69. The van der Waals surface area contributed by atoms with E-state index in [1.54, 1.807) is 0 Å².